The van der Waals surface area contributed by atoms with E-state index in [9.17, 15) is 14.4 Å². The maximum absolute atomic E-state index is 12.0. The van der Waals surface area contributed by atoms with E-state index in [1.807, 2.05) is 5.38 Å². The Kier molecular flexibility index (Phi) is 9.46. The molecule has 1 heterocycles. The summed E-state index contributed by atoms with van der Waals surface area (Å²) in [6.07, 6.45) is 0.564. The normalized spacial score (nSPS) is 10.3. The predicted octanol–water partition coefficient (Wildman–Crippen LogP) is 2.99. The van der Waals surface area contributed by atoms with Crippen molar-refractivity contribution < 1.29 is 23.9 Å². The number of amides is 2. The number of hydrogen-bond donors (Lipinski definition) is 1. The SMILES string of the molecule is CN(CCOc1ccc(Cl)cc1)C(=O)COC(=O)CCCNC(=O)c1ccsc1. The maximum atomic E-state index is 12.0. The number of hydrogen-bond acceptors (Lipinski definition) is 6. The number of carbonyl (C=O) groups excluding carboxylic acids is 3. The largest absolute Gasteiger partial charge is 0.492 e. The molecule has 2 aromatic rings. The van der Waals surface area contributed by atoms with Crippen LogP contribution in [0.1, 0.15) is 23.2 Å². The first kappa shape index (κ1) is 22.7. The number of rotatable bonds is 11. The number of ether oxygens (including phenoxy) is 2. The van der Waals surface area contributed by atoms with Gasteiger partial charge in [0.25, 0.3) is 11.8 Å². The summed E-state index contributed by atoms with van der Waals surface area (Å²) < 4.78 is 10.5. The van der Waals surface area contributed by atoms with Crippen molar-refractivity contribution in [3.05, 3.63) is 51.7 Å². The topological polar surface area (TPSA) is 84.9 Å². The molecule has 1 aromatic heterocycles. The molecule has 0 radical (unpaired) electrons. The summed E-state index contributed by atoms with van der Waals surface area (Å²) in [5.41, 5.74) is 0.603. The van der Waals surface area contributed by atoms with Crippen molar-refractivity contribution in [2.75, 3.05) is 33.4 Å². The Labute approximate surface area is 178 Å². The standard InChI is InChI=1S/C20H23ClN2O5S/c1-23(10-11-27-17-6-4-16(21)5-7-17)18(24)13-28-19(25)3-2-9-22-20(26)15-8-12-29-14-15/h4-8,12,14H,2-3,9-11,13H2,1H3,(H,22,26). The van der Waals surface area contributed by atoms with Crippen LogP contribution < -0.4 is 10.1 Å². The maximum Gasteiger partial charge on any atom is 0.306 e. The van der Waals surface area contributed by atoms with E-state index in [1.54, 1.807) is 42.8 Å². The molecule has 156 valence electrons. The molecule has 0 aliphatic carbocycles. The van der Waals surface area contributed by atoms with Crippen LogP contribution in [0.5, 0.6) is 5.75 Å². The molecule has 9 heteroatoms. The van der Waals surface area contributed by atoms with Gasteiger partial charge >= 0.3 is 5.97 Å². The summed E-state index contributed by atoms with van der Waals surface area (Å²) in [6.45, 7) is 0.701. The van der Waals surface area contributed by atoms with Gasteiger partial charge in [-0.1, -0.05) is 11.6 Å². The van der Waals surface area contributed by atoms with Gasteiger partial charge in [-0.3, -0.25) is 14.4 Å². The third-order valence-corrected chi connectivity index (χ3v) is 4.85. The molecule has 2 amide bonds. The number of nitrogens with one attached hydrogen (secondary N) is 1. The van der Waals surface area contributed by atoms with Crippen LogP contribution in [0.4, 0.5) is 0 Å². The van der Waals surface area contributed by atoms with Gasteiger partial charge in [0.05, 0.1) is 6.54 Å². The lowest BCUT2D eigenvalue weighted by Gasteiger charge is -2.17. The molecule has 0 saturated carbocycles. The van der Waals surface area contributed by atoms with E-state index in [4.69, 9.17) is 21.1 Å². The molecule has 0 saturated heterocycles. The van der Waals surface area contributed by atoms with E-state index in [0.29, 0.717) is 42.5 Å². The van der Waals surface area contributed by atoms with Crippen molar-refractivity contribution in [3.8, 4) is 5.75 Å². The van der Waals surface area contributed by atoms with Crippen molar-refractivity contribution in [1.82, 2.24) is 10.2 Å². The van der Waals surface area contributed by atoms with Crippen LogP contribution in [0.2, 0.25) is 5.02 Å². The van der Waals surface area contributed by atoms with Crippen molar-refractivity contribution in [2.24, 2.45) is 0 Å². The van der Waals surface area contributed by atoms with Gasteiger partial charge in [-0.25, -0.2) is 0 Å². The number of halogens is 1. The summed E-state index contributed by atoms with van der Waals surface area (Å²) in [7, 11) is 1.61. The number of carbonyl (C=O) groups is 3. The zero-order chi connectivity index (χ0) is 21.1. The van der Waals surface area contributed by atoms with E-state index in [1.165, 1.54) is 16.2 Å². The molecular formula is C20H23ClN2O5S. The van der Waals surface area contributed by atoms with E-state index >= 15 is 0 Å². The first-order valence-corrected chi connectivity index (χ1v) is 10.4. The quantitative estimate of drug-likeness (QED) is 0.430. The average Bonchev–Trinajstić information content (AvgIpc) is 3.25. The molecule has 0 aliphatic rings. The first-order chi connectivity index (χ1) is 14.0. The molecule has 0 unspecified atom stereocenters. The van der Waals surface area contributed by atoms with Gasteiger partial charge in [0, 0.05) is 36.0 Å². The molecule has 0 atom stereocenters. The number of likely N-dealkylation sites (N-methyl/N-ethyl adjacent to an activating group) is 1. The molecule has 7 nitrogen and oxygen atoms in total. The Bertz CT molecular complexity index is 796. The fourth-order valence-corrected chi connectivity index (χ4v) is 2.97. The Morgan fingerprint density at radius 2 is 1.93 bits per heavy atom. The second-order valence-electron chi connectivity index (χ2n) is 6.15. The minimum atomic E-state index is -0.478. The Morgan fingerprint density at radius 1 is 1.17 bits per heavy atom. The lowest BCUT2D eigenvalue weighted by atomic mass is 10.3. The fourth-order valence-electron chi connectivity index (χ4n) is 2.21. The molecule has 1 N–H and O–H groups in total. The smallest absolute Gasteiger partial charge is 0.306 e. The average molecular weight is 439 g/mol. The molecular weight excluding hydrogens is 416 g/mol. The highest BCUT2D eigenvalue weighted by Crippen LogP contribution is 2.15. The van der Waals surface area contributed by atoms with Gasteiger partial charge < -0.3 is 19.7 Å². The van der Waals surface area contributed by atoms with E-state index < -0.39 is 5.97 Å². The van der Waals surface area contributed by atoms with Crippen molar-refractivity contribution >= 4 is 40.7 Å². The zero-order valence-corrected chi connectivity index (χ0v) is 17.6. The third kappa shape index (κ3) is 8.53. The lowest BCUT2D eigenvalue weighted by molar-refractivity contribution is -0.151. The molecule has 2 rings (SSSR count). The van der Waals surface area contributed by atoms with Crippen molar-refractivity contribution in [2.45, 2.75) is 12.8 Å². The fraction of sp³-hybridized carbons (Fsp3) is 0.350. The van der Waals surface area contributed by atoms with Gasteiger partial charge in [0.1, 0.15) is 12.4 Å². The number of thiophene rings is 1. The predicted molar refractivity (Wildman–Crippen MR) is 111 cm³/mol. The Morgan fingerprint density at radius 3 is 2.62 bits per heavy atom. The summed E-state index contributed by atoms with van der Waals surface area (Å²) in [5, 5.41) is 6.93. The number of nitrogens with zero attached hydrogens (tertiary/aromatic N) is 1. The van der Waals surface area contributed by atoms with Crippen LogP contribution in [0.3, 0.4) is 0 Å². The summed E-state index contributed by atoms with van der Waals surface area (Å²) >= 11 is 7.25. The summed E-state index contributed by atoms with van der Waals surface area (Å²) in [6, 6.07) is 8.66. The summed E-state index contributed by atoms with van der Waals surface area (Å²) in [4.78, 5) is 36.9. The lowest BCUT2D eigenvalue weighted by Crippen LogP contribution is -2.34. The van der Waals surface area contributed by atoms with Gasteiger partial charge in [-0.15, -0.1) is 0 Å². The Hall–Kier alpha value is -2.58. The minimum absolute atomic E-state index is 0.126. The number of benzene rings is 1. The van der Waals surface area contributed by atoms with Crippen LogP contribution in [0, 0.1) is 0 Å². The highest BCUT2D eigenvalue weighted by molar-refractivity contribution is 7.08. The molecule has 0 spiro atoms. The zero-order valence-electron chi connectivity index (χ0n) is 16.1. The van der Waals surface area contributed by atoms with Crippen LogP contribution in [0.15, 0.2) is 41.1 Å². The van der Waals surface area contributed by atoms with Gasteiger partial charge in [-0.2, -0.15) is 11.3 Å². The van der Waals surface area contributed by atoms with Gasteiger partial charge in [-0.05, 0) is 42.1 Å². The van der Waals surface area contributed by atoms with E-state index in [2.05, 4.69) is 5.32 Å². The van der Waals surface area contributed by atoms with E-state index in [-0.39, 0.29) is 24.8 Å². The molecule has 0 fully saturated rings. The van der Waals surface area contributed by atoms with Crippen LogP contribution >= 0.6 is 22.9 Å². The third-order valence-electron chi connectivity index (χ3n) is 3.92. The summed E-state index contributed by atoms with van der Waals surface area (Å²) in [5.74, 6) is -0.303. The Balaban J connectivity index is 1.54. The molecule has 1 aromatic carbocycles. The van der Waals surface area contributed by atoms with Crippen LogP contribution in [0.25, 0.3) is 0 Å². The molecule has 0 bridgehead atoms. The monoisotopic (exact) mass is 438 g/mol. The van der Waals surface area contributed by atoms with Gasteiger partial charge in [0.15, 0.2) is 6.61 Å². The van der Waals surface area contributed by atoms with Gasteiger partial charge in [0.2, 0.25) is 0 Å². The second kappa shape index (κ2) is 12.1. The van der Waals surface area contributed by atoms with Crippen molar-refractivity contribution in [3.63, 3.8) is 0 Å². The van der Waals surface area contributed by atoms with Crippen LogP contribution in [-0.4, -0.2) is 56.0 Å². The molecule has 0 aliphatic heterocycles. The second-order valence-corrected chi connectivity index (χ2v) is 7.37. The highest BCUT2D eigenvalue weighted by Gasteiger charge is 2.12. The number of esters is 1. The van der Waals surface area contributed by atoms with E-state index in [0.717, 1.165) is 0 Å². The first-order valence-electron chi connectivity index (χ1n) is 9.04. The highest BCUT2D eigenvalue weighted by atomic mass is 35.5. The van der Waals surface area contributed by atoms with Crippen LogP contribution in [-0.2, 0) is 14.3 Å². The molecule has 29 heavy (non-hydrogen) atoms. The minimum Gasteiger partial charge on any atom is -0.492 e. The van der Waals surface area contributed by atoms with Crippen molar-refractivity contribution in [1.29, 1.82) is 0 Å².